The van der Waals surface area contributed by atoms with E-state index in [0.717, 1.165) is 57.0 Å². The summed E-state index contributed by atoms with van der Waals surface area (Å²) >= 11 is 0. The Hall–Kier alpha value is -3.97. The van der Waals surface area contributed by atoms with E-state index in [1.165, 1.54) is 38.5 Å². The van der Waals surface area contributed by atoms with Gasteiger partial charge in [-0.1, -0.05) is 37.4 Å². The Bertz CT molecular complexity index is 1970. The number of nitrogens with zero attached hydrogens (tertiary/aromatic N) is 3. The highest BCUT2D eigenvalue weighted by atomic mass is 28.3. The van der Waals surface area contributed by atoms with Crippen molar-refractivity contribution in [1.82, 2.24) is 0 Å². The minimum atomic E-state index is -2.06. The van der Waals surface area contributed by atoms with E-state index < -0.39 is 8.07 Å². The smallest absolute Gasteiger partial charge is 0.199 e. The van der Waals surface area contributed by atoms with Crippen LogP contribution in [0, 0.1) is 0 Å². The van der Waals surface area contributed by atoms with Gasteiger partial charge < -0.3 is 20.0 Å². The molecule has 0 bridgehead atoms. The Morgan fingerprint density at radius 1 is 0.733 bits per heavy atom. The van der Waals surface area contributed by atoms with Crippen LogP contribution >= 0.6 is 0 Å². The third-order valence-corrected chi connectivity index (χ3v) is 13.5. The van der Waals surface area contributed by atoms with Gasteiger partial charge in [-0.3, -0.25) is 0 Å². The molecule has 6 rings (SSSR count). The van der Waals surface area contributed by atoms with Gasteiger partial charge in [-0.15, -0.1) is 0 Å². The van der Waals surface area contributed by atoms with Gasteiger partial charge >= 0.3 is 0 Å². The minimum absolute atomic E-state index is 0.0671. The van der Waals surface area contributed by atoms with E-state index in [9.17, 15) is 10.2 Å². The fourth-order valence-corrected chi connectivity index (χ4v) is 10.4. The van der Waals surface area contributed by atoms with Gasteiger partial charge in [0.1, 0.15) is 22.2 Å². The van der Waals surface area contributed by atoms with Crippen molar-refractivity contribution in [2.75, 3.05) is 51.1 Å². The van der Waals surface area contributed by atoms with Gasteiger partial charge in [0, 0.05) is 50.7 Å². The number of fused-ring (bicyclic) bond motifs is 4. The molecule has 0 aromatic heterocycles. The van der Waals surface area contributed by atoms with Crippen LogP contribution < -0.4 is 15.0 Å². The Morgan fingerprint density at radius 2 is 1.36 bits per heavy atom. The van der Waals surface area contributed by atoms with E-state index in [-0.39, 0.29) is 13.2 Å². The molecule has 1 aliphatic heterocycles. The highest BCUT2D eigenvalue weighted by molar-refractivity contribution is 6.98. The van der Waals surface area contributed by atoms with E-state index in [2.05, 4.69) is 142 Å². The van der Waals surface area contributed by atoms with Gasteiger partial charge in [0.25, 0.3) is 0 Å². The van der Waals surface area contributed by atoms with E-state index in [4.69, 9.17) is 0 Å². The second-order valence-corrected chi connectivity index (χ2v) is 17.5. The maximum atomic E-state index is 10.8. The summed E-state index contributed by atoms with van der Waals surface area (Å²) in [5, 5.41) is 28.4. The van der Waals surface area contributed by atoms with Crippen molar-refractivity contribution in [3.8, 4) is 0 Å². The molecular formula is C39H46N3O2Si+. The number of aliphatic hydroxyl groups excluding tert-OH is 2. The van der Waals surface area contributed by atoms with Crippen LogP contribution in [0.4, 0.5) is 11.4 Å². The first-order chi connectivity index (χ1) is 21.5. The van der Waals surface area contributed by atoms with Crippen LogP contribution in [0.25, 0.3) is 27.1 Å². The number of aliphatic hydroxyl groups is 2. The van der Waals surface area contributed by atoms with Crippen LogP contribution in [0.3, 0.4) is 0 Å². The Kier molecular flexibility index (Phi) is 8.10. The van der Waals surface area contributed by atoms with Gasteiger partial charge in [0.15, 0.2) is 5.71 Å². The molecule has 2 aliphatic rings. The first-order valence-corrected chi connectivity index (χ1v) is 19.0. The molecule has 4 aromatic carbocycles. The molecule has 0 radical (unpaired) electrons. The molecule has 2 N–H and O–H groups in total. The van der Waals surface area contributed by atoms with Crippen LogP contribution in [-0.4, -0.2) is 69.9 Å². The molecule has 4 aromatic rings. The average molecular weight is 617 g/mol. The predicted molar refractivity (Wildman–Crippen MR) is 195 cm³/mol. The SMILES string of the molecule is CCN(CC)c1ccc2c(CO)c3cc(C4=C5C=CC(=[N+](C)C)C=C5[Si](C)(C)c5cc(N(C)C)ccc54)ccc3c(CO)c2c1. The third-order valence-electron chi connectivity index (χ3n) is 9.98. The molecule has 0 unspecified atom stereocenters. The van der Waals surface area contributed by atoms with Crippen LogP contribution in [0.2, 0.25) is 13.1 Å². The van der Waals surface area contributed by atoms with Gasteiger partial charge in [0.05, 0.1) is 13.2 Å². The van der Waals surface area contributed by atoms with Crippen LogP contribution in [-0.2, 0) is 13.2 Å². The summed E-state index contributed by atoms with van der Waals surface area (Å²) in [5.41, 5.74) is 10.3. The zero-order chi connectivity index (χ0) is 32.2. The maximum Gasteiger partial charge on any atom is 0.199 e. The van der Waals surface area contributed by atoms with E-state index in [0.29, 0.717) is 0 Å². The molecule has 0 saturated carbocycles. The summed E-state index contributed by atoms with van der Waals surface area (Å²) in [6.07, 6.45) is 6.94. The standard InChI is InChI=1S/C39H46N3O2Si/c1-9-42(10-2)28-14-16-30-34(20-28)36(24-44)29-15-11-25(19-33(29)35(30)23-43)39-31-17-12-26(40(3)4)21-37(31)45(7,8)38-22-27(41(5)6)13-18-32(38)39/h11-22,43-44H,9-10,23-24H2,1-8H3/q+1. The Morgan fingerprint density at radius 3 is 1.96 bits per heavy atom. The average Bonchev–Trinajstić information content (AvgIpc) is 3.03. The number of hydrogen-bond donors (Lipinski definition) is 2. The van der Waals surface area contributed by atoms with Crippen LogP contribution in [0.5, 0.6) is 0 Å². The largest absolute Gasteiger partial charge is 0.392 e. The van der Waals surface area contributed by atoms with Crippen molar-refractivity contribution < 1.29 is 14.8 Å². The second kappa shape index (κ2) is 11.8. The summed E-state index contributed by atoms with van der Waals surface area (Å²) in [6, 6.07) is 20.0. The lowest BCUT2D eigenvalue weighted by atomic mass is 9.86. The molecule has 232 valence electrons. The number of rotatable bonds is 7. The van der Waals surface area contributed by atoms with Gasteiger partial charge in [-0.2, -0.15) is 0 Å². The molecule has 1 heterocycles. The molecule has 5 nitrogen and oxygen atoms in total. The normalized spacial score (nSPS) is 15.3. The lowest BCUT2D eigenvalue weighted by Gasteiger charge is -2.38. The summed E-state index contributed by atoms with van der Waals surface area (Å²) < 4.78 is 2.19. The molecule has 6 heteroatoms. The van der Waals surface area contributed by atoms with Crippen molar-refractivity contribution in [2.24, 2.45) is 0 Å². The zero-order valence-electron chi connectivity index (χ0n) is 28.0. The Labute approximate surface area is 268 Å². The van der Waals surface area contributed by atoms with E-state index in [1.807, 2.05) is 0 Å². The molecular weight excluding hydrogens is 571 g/mol. The van der Waals surface area contributed by atoms with Crippen molar-refractivity contribution >= 4 is 57.5 Å². The van der Waals surface area contributed by atoms with Gasteiger partial charge in [-0.05, 0) is 116 Å². The van der Waals surface area contributed by atoms with Crippen molar-refractivity contribution in [1.29, 1.82) is 0 Å². The zero-order valence-corrected chi connectivity index (χ0v) is 29.0. The number of benzene rings is 4. The quantitative estimate of drug-likeness (QED) is 0.144. The Balaban J connectivity index is 1.67. The van der Waals surface area contributed by atoms with Gasteiger partial charge in [0.2, 0.25) is 0 Å². The number of hydrogen-bond acceptors (Lipinski definition) is 4. The summed E-state index contributed by atoms with van der Waals surface area (Å²) in [7, 11) is 6.37. The third kappa shape index (κ3) is 4.96. The first-order valence-electron chi connectivity index (χ1n) is 16.0. The molecule has 0 amide bonds. The lowest BCUT2D eigenvalue weighted by molar-refractivity contribution is -0.462. The van der Waals surface area contributed by atoms with Crippen LogP contribution in [0.15, 0.2) is 83.6 Å². The fraction of sp³-hybridized carbons (Fsp3) is 0.308. The highest BCUT2D eigenvalue weighted by Crippen LogP contribution is 2.44. The highest BCUT2D eigenvalue weighted by Gasteiger charge is 2.40. The van der Waals surface area contributed by atoms with E-state index >= 15 is 0 Å². The molecule has 45 heavy (non-hydrogen) atoms. The number of allylic oxidation sites excluding steroid dienone is 5. The first kappa shape index (κ1) is 31.0. The second-order valence-electron chi connectivity index (χ2n) is 13.2. The van der Waals surface area contributed by atoms with Crippen molar-refractivity contribution in [2.45, 2.75) is 40.2 Å². The predicted octanol–water partition coefficient (Wildman–Crippen LogP) is 6.37. The van der Waals surface area contributed by atoms with E-state index in [1.54, 1.807) is 0 Å². The van der Waals surface area contributed by atoms with Crippen molar-refractivity contribution in [3.05, 3.63) is 106 Å². The maximum absolute atomic E-state index is 10.8. The minimum Gasteiger partial charge on any atom is -0.392 e. The summed E-state index contributed by atoms with van der Waals surface area (Å²) in [4.78, 5) is 4.50. The van der Waals surface area contributed by atoms with Gasteiger partial charge in [-0.25, -0.2) is 4.58 Å². The summed E-state index contributed by atoms with van der Waals surface area (Å²) in [6.45, 7) is 10.9. The number of anilines is 2. The molecule has 0 atom stereocenters. The topological polar surface area (TPSA) is 50.0 Å². The van der Waals surface area contributed by atoms with Crippen molar-refractivity contribution in [3.63, 3.8) is 0 Å². The fourth-order valence-electron chi connectivity index (χ4n) is 7.37. The summed E-state index contributed by atoms with van der Waals surface area (Å²) in [5.74, 6) is 0. The molecule has 0 fully saturated rings. The molecule has 1 aliphatic carbocycles. The monoisotopic (exact) mass is 616 g/mol. The van der Waals surface area contributed by atoms with Crippen LogP contribution in [0.1, 0.15) is 36.1 Å². The molecule has 0 saturated heterocycles. The molecule has 0 spiro atoms. The lowest BCUT2D eigenvalue weighted by Crippen LogP contribution is -2.49.